The Morgan fingerprint density at radius 2 is 1.95 bits per heavy atom. The second-order valence-corrected chi connectivity index (χ2v) is 5.61. The van der Waals surface area contributed by atoms with Crippen molar-refractivity contribution in [2.24, 2.45) is 5.41 Å². The molecule has 3 nitrogen and oxygen atoms in total. The number of hydrogen-bond acceptors (Lipinski definition) is 3. The molecule has 3 heteroatoms. The van der Waals surface area contributed by atoms with Crippen LogP contribution in [0, 0.1) is 30.6 Å². The van der Waals surface area contributed by atoms with E-state index in [0.717, 1.165) is 42.8 Å². The number of methoxy groups -OCH3 is 1. The molecule has 102 valence electrons. The average molecular weight is 258 g/mol. The van der Waals surface area contributed by atoms with Gasteiger partial charge in [-0.15, -0.1) is 0 Å². The van der Waals surface area contributed by atoms with Crippen molar-refractivity contribution >= 4 is 0 Å². The van der Waals surface area contributed by atoms with Crippen LogP contribution in [0.5, 0.6) is 5.75 Å². The second-order valence-electron chi connectivity index (χ2n) is 5.61. The highest BCUT2D eigenvalue weighted by molar-refractivity contribution is 5.43. The van der Waals surface area contributed by atoms with Crippen LogP contribution in [0.2, 0.25) is 0 Å². The van der Waals surface area contributed by atoms with Gasteiger partial charge in [-0.2, -0.15) is 5.26 Å². The summed E-state index contributed by atoms with van der Waals surface area (Å²) in [6, 6.07) is 6.76. The Balaban J connectivity index is 1.95. The molecule has 1 aromatic carbocycles. The number of nitriles is 1. The molecular weight excluding hydrogens is 236 g/mol. The molecule has 0 amide bonds. The summed E-state index contributed by atoms with van der Waals surface area (Å²) in [5.74, 6) is 0.969. The number of aryl methyl sites for hydroxylation is 2. The zero-order chi connectivity index (χ0) is 13.9. The van der Waals surface area contributed by atoms with E-state index >= 15 is 0 Å². The van der Waals surface area contributed by atoms with Crippen LogP contribution in [0.1, 0.15) is 36.0 Å². The van der Waals surface area contributed by atoms with Gasteiger partial charge in [0.25, 0.3) is 0 Å². The highest BCUT2D eigenvalue weighted by Crippen LogP contribution is 2.39. The number of nitrogens with one attached hydrogen (secondary N) is 1. The highest BCUT2D eigenvalue weighted by Gasteiger charge is 2.36. The van der Waals surface area contributed by atoms with E-state index in [1.165, 1.54) is 12.0 Å². The number of hydrogen-bond donors (Lipinski definition) is 1. The highest BCUT2D eigenvalue weighted by atomic mass is 16.5. The molecule has 1 aromatic rings. The molecule has 1 saturated carbocycles. The van der Waals surface area contributed by atoms with E-state index in [2.05, 4.69) is 37.4 Å². The van der Waals surface area contributed by atoms with E-state index in [-0.39, 0.29) is 5.41 Å². The zero-order valence-electron chi connectivity index (χ0n) is 12.0. The lowest BCUT2D eigenvalue weighted by molar-refractivity contribution is 0.206. The van der Waals surface area contributed by atoms with E-state index in [9.17, 15) is 5.26 Å². The quantitative estimate of drug-likeness (QED) is 0.882. The van der Waals surface area contributed by atoms with Crippen LogP contribution in [0.15, 0.2) is 12.1 Å². The first-order valence-corrected chi connectivity index (χ1v) is 6.86. The van der Waals surface area contributed by atoms with Gasteiger partial charge in [0.1, 0.15) is 5.75 Å². The molecule has 1 fully saturated rings. The van der Waals surface area contributed by atoms with E-state index < -0.39 is 0 Å². The third-order valence-electron chi connectivity index (χ3n) is 4.06. The first-order valence-electron chi connectivity index (χ1n) is 6.86. The molecule has 0 bridgehead atoms. The van der Waals surface area contributed by atoms with Gasteiger partial charge in [0.2, 0.25) is 0 Å². The predicted octanol–water partition coefficient (Wildman–Crippen LogP) is 3.10. The van der Waals surface area contributed by atoms with Gasteiger partial charge in [-0.05, 0) is 43.4 Å². The zero-order valence-corrected chi connectivity index (χ0v) is 12.0. The first-order chi connectivity index (χ1) is 9.10. The fraction of sp³-hybridized carbons (Fsp3) is 0.562. The summed E-state index contributed by atoms with van der Waals surface area (Å²) < 4.78 is 5.37. The molecule has 2 rings (SSSR count). The Morgan fingerprint density at radius 1 is 1.32 bits per heavy atom. The molecule has 0 spiro atoms. The molecule has 0 atom stereocenters. The molecule has 1 N–H and O–H groups in total. The molecule has 19 heavy (non-hydrogen) atoms. The van der Waals surface area contributed by atoms with Gasteiger partial charge in [-0.1, -0.05) is 18.6 Å². The fourth-order valence-electron chi connectivity index (χ4n) is 2.84. The van der Waals surface area contributed by atoms with Crippen molar-refractivity contribution in [2.75, 3.05) is 13.7 Å². The van der Waals surface area contributed by atoms with Gasteiger partial charge in [-0.25, -0.2) is 0 Å². The van der Waals surface area contributed by atoms with E-state index in [0.29, 0.717) is 0 Å². The third kappa shape index (κ3) is 2.90. The number of benzene rings is 1. The lowest BCUT2D eigenvalue weighted by Gasteiger charge is -2.35. The van der Waals surface area contributed by atoms with Crippen LogP contribution in [-0.2, 0) is 6.54 Å². The summed E-state index contributed by atoms with van der Waals surface area (Å²) in [4.78, 5) is 0. The summed E-state index contributed by atoms with van der Waals surface area (Å²) in [5, 5.41) is 12.6. The third-order valence-corrected chi connectivity index (χ3v) is 4.06. The molecule has 0 aliphatic heterocycles. The summed E-state index contributed by atoms with van der Waals surface area (Å²) in [6.45, 7) is 5.75. The summed E-state index contributed by atoms with van der Waals surface area (Å²) in [5.41, 5.74) is 3.48. The van der Waals surface area contributed by atoms with Crippen molar-refractivity contribution < 1.29 is 4.74 Å². The maximum Gasteiger partial charge on any atom is 0.124 e. The van der Waals surface area contributed by atoms with Crippen molar-refractivity contribution in [1.82, 2.24) is 5.32 Å². The Bertz CT molecular complexity index is 475. The van der Waals surface area contributed by atoms with Crippen molar-refractivity contribution in [3.05, 3.63) is 28.8 Å². The van der Waals surface area contributed by atoms with Gasteiger partial charge < -0.3 is 10.1 Å². The summed E-state index contributed by atoms with van der Waals surface area (Å²) in [7, 11) is 1.71. The lowest BCUT2D eigenvalue weighted by Crippen LogP contribution is -2.38. The van der Waals surface area contributed by atoms with Crippen molar-refractivity contribution in [1.29, 1.82) is 5.26 Å². The predicted molar refractivity (Wildman–Crippen MR) is 76.1 cm³/mol. The lowest BCUT2D eigenvalue weighted by atomic mass is 9.70. The summed E-state index contributed by atoms with van der Waals surface area (Å²) in [6.07, 6.45) is 3.27. The molecule has 0 aromatic heterocycles. The Morgan fingerprint density at radius 3 is 2.37 bits per heavy atom. The normalized spacial score (nSPS) is 16.5. The van der Waals surface area contributed by atoms with Gasteiger partial charge in [0.05, 0.1) is 18.6 Å². The van der Waals surface area contributed by atoms with E-state index in [4.69, 9.17) is 4.74 Å². The van der Waals surface area contributed by atoms with Gasteiger partial charge in [0, 0.05) is 13.1 Å². The van der Waals surface area contributed by atoms with E-state index in [1.54, 1.807) is 7.11 Å². The van der Waals surface area contributed by atoms with Crippen LogP contribution < -0.4 is 10.1 Å². The fourth-order valence-corrected chi connectivity index (χ4v) is 2.84. The monoisotopic (exact) mass is 258 g/mol. The smallest absolute Gasteiger partial charge is 0.124 e. The number of rotatable bonds is 5. The number of ether oxygens (including phenoxy) is 1. The molecular formula is C16H22N2O. The van der Waals surface area contributed by atoms with Crippen molar-refractivity contribution in [3.8, 4) is 11.8 Å². The summed E-state index contributed by atoms with van der Waals surface area (Å²) >= 11 is 0. The first kappa shape index (κ1) is 13.9. The molecule has 0 saturated heterocycles. The Hall–Kier alpha value is -1.53. The Labute approximate surface area is 115 Å². The minimum atomic E-state index is -0.101. The van der Waals surface area contributed by atoms with Gasteiger partial charge >= 0.3 is 0 Å². The standard InChI is InChI=1S/C16H22N2O/c1-12-7-14(8-13(2)15(12)19-3)9-18-11-16(10-17)5-4-6-16/h7-8,18H,4-6,9,11H2,1-3H3. The SMILES string of the molecule is COc1c(C)cc(CNCC2(C#N)CCC2)cc1C. The molecule has 1 aliphatic carbocycles. The van der Waals surface area contributed by atoms with Crippen LogP contribution in [0.25, 0.3) is 0 Å². The van der Waals surface area contributed by atoms with E-state index in [1.807, 2.05) is 0 Å². The molecule has 0 heterocycles. The number of nitrogens with zero attached hydrogens (tertiary/aromatic N) is 1. The average Bonchev–Trinajstić information content (AvgIpc) is 2.32. The maximum absolute atomic E-state index is 9.18. The van der Waals surface area contributed by atoms with Gasteiger partial charge in [0.15, 0.2) is 0 Å². The minimum Gasteiger partial charge on any atom is -0.496 e. The second kappa shape index (κ2) is 5.63. The van der Waals surface area contributed by atoms with Crippen LogP contribution in [0.3, 0.4) is 0 Å². The molecule has 1 aliphatic rings. The minimum absolute atomic E-state index is 0.101. The van der Waals surface area contributed by atoms with Gasteiger partial charge in [-0.3, -0.25) is 0 Å². The Kier molecular flexibility index (Phi) is 4.11. The molecule has 0 radical (unpaired) electrons. The largest absolute Gasteiger partial charge is 0.496 e. The topological polar surface area (TPSA) is 45.0 Å². The van der Waals surface area contributed by atoms with Crippen LogP contribution in [0.4, 0.5) is 0 Å². The van der Waals surface area contributed by atoms with Crippen molar-refractivity contribution in [3.63, 3.8) is 0 Å². The maximum atomic E-state index is 9.18. The van der Waals surface area contributed by atoms with Crippen LogP contribution >= 0.6 is 0 Å². The molecule has 0 unspecified atom stereocenters. The van der Waals surface area contributed by atoms with Crippen LogP contribution in [-0.4, -0.2) is 13.7 Å². The van der Waals surface area contributed by atoms with Crippen molar-refractivity contribution in [2.45, 2.75) is 39.7 Å².